The molecule has 0 saturated heterocycles. The Morgan fingerprint density at radius 2 is 1.87 bits per heavy atom. The van der Waals surface area contributed by atoms with E-state index in [0.717, 1.165) is 5.56 Å². The molecule has 0 saturated carbocycles. The zero-order valence-corrected chi connectivity index (χ0v) is 12.1. The molecule has 6 nitrogen and oxygen atoms in total. The van der Waals surface area contributed by atoms with Gasteiger partial charge in [0, 0.05) is 12.1 Å². The van der Waals surface area contributed by atoms with Gasteiger partial charge in [-0.3, -0.25) is 10.1 Å². The fraction of sp³-hybridized carbons (Fsp3) is 0.118. The quantitative estimate of drug-likeness (QED) is 0.522. The van der Waals surface area contributed by atoms with Gasteiger partial charge in [-0.05, 0) is 11.6 Å². The molecule has 1 aliphatic rings. The number of carbonyl (C=O) groups excluding carboxylic acids is 1. The van der Waals surface area contributed by atoms with Gasteiger partial charge in [0.05, 0.1) is 16.7 Å². The van der Waals surface area contributed by atoms with E-state index < -0.39 is 17.0 Å². The molecule has 6 heteroatoms. The van der Waals surface area contributed by atoms with Crippen LogP contribution in [0.25, 0.3) is 0 Å². The van der Waals surface area contributed by atoms with E-state index in [9.17, 15) is 14.9 Å². The molecule has 0 aliphatic carbocycles. The standard InChI is InChI=1S/C17H14N2O4/c20-17-14-9-5-4-8-13(14)16(23-17)15(19(21)22)11-18-10-12-6-2-1-3-7-12/h1-9,11,16,18H,10H2/b15-11+/t16-/m1/s1. The summed E-state index contributed by atoms with van der Waals surface area (Å²) in [6, 6.07) is 16.2. The summed E-state index contributed by atoms with van der Waals surface area (Å²) in [5, 5.41) is 14.3. The van der Waals surface area contributed by atoms with Gasteiger partial charge >= 0.3 is 11.7 Å². The number of nitro groups is 1. The highest BCUT2D eigenvalue weighted by Crippen LogP contribution is 2.35. The number of hydrogen-bond acceptors (Lipinski definition) is 5. The third kappa shape index (κ3) is 3.06. The first-order valence-electron chi connectivity index (χ1n) is 7.08. The maximum atomic E-state index is 11.8. The minimum Gasteiger partial charge on any atom is -0.442 e. The van der Waals surface area contributed by atoms with Crippen LogP contribution in [-0.4, -0.2) is 10.9 Å². The molecule has 0 aromatic heterocycles. The zero-order chi connectivity index (χ0) is 16.2. The van der Waals surface area contributed by atoms with Crippen LogP contribution in [0.3, 0.4) is 0 Å². The van der Waals surface area contributed by atoms with Crippen molar-refractivity contribution in [3.8, 4) is 0 Å². The van der Waals surface area contributed by atoms with Crippen LogP contribution >= 0.6 is 0 Å². The van der Waals surface area contributed by atoms with E-state index in [4.69, 9.17) is 4.74 Å². The van der Waals surface area contributed by atoms with Crippen molar-refractivity contribution in [3.05, 3.63) is 93.3 Å². The predicted molar refractivity (Wildman–Crippen MR) is 83.0 cm³/mol. The van der Waals surface area contributed by atoms with Gasteiger partial charge in [0.25, 0.3) is 0 Å². The molecule has 116 valence electrons. The zero-order valence-electron chi connectivity index (χ0n) is 12.1. The van der Waals surface area contributed by atoms with Crippen molar-refractivity contribution in [2.45, 2.75) is 12.6 Å². The van der Waals surface area contributed by atoms with E-state index in [0.29, 0.717) is 17.7 Å². The Bertz CT molecular complexity index is 771. The molecule has 1 aliphatic heterocycles. The summed E-state index contributed by atoms with van der Waals surface area (Å²) in [7, 11) is 0. The average molecular weight is 310 g/mol. The predicted octanol–water partition coefficient (Wildman–Crippen LogP) is 2.81. The van der Waals surface area contributed by atoms with E-state index in [1.165, 1.54) is 6.20 Å². The average Bonchev–Trinajstić information content (AvgIpc) is 2.89. The van der Waals surface area contributed by atoms with Crippen molar-refractivity contribution >= 4 is 5.97 Å². The Morgan fingerprint density at radius 1 is 1.17 bits per heavy atom. The second-order valence-electron chi connectivity index (χ2n) is 5.07. The van der Waals surface area contributed by atoms with Crippen molar-refractivity contribution in [3.63, 3.8) is 0 Å². The molecule has 3 rings (SSSR count). The molecule has 0 fully saturated rings. The lowest BCUT2D eigenvalue weighted by Crippen LogP contribution is -2.15. The molecule has 2 aromatic carbocycles. The number of nitrogens with one attached hydrogen (secondary N) is 1. The number of benzene rings is 2. The number of cyclic esters (lactones) is 1. The van der Waals surface area contributed by atoms with Crippen LogP contribution in [0.2, 0.25) is 0 Å². The van der Waals surface area contributed by atoms with Gasteiger partial charge in [0.1, 0.15) is 0 Å². The minimum atomic E-state index is -0.989. The molecule has 23 heavy (non-hydrogen) atoms. The van der Waals surface area contributed by atoms with Crippen LogP contribution in [-0.2, 0) is 11.3 Å². The van der Waals surface area contributed by atoms with Crippen molar-refractivity contribution in [1.29, 1.82) is 0 Å². The maximum absolute atomic E-state index is 11.8. The molecule has 2 aromatic rings. The highest BCUT2D eigenvalue weighted by atomic mass is 16.6. The number of carbonyl (C=O) groups is 1. The highest BCUT2D eigenvalue weighted by molar-refractivity contribution is 5.94. The monoisotopic (exact) mass is 310 g/mol. The van der Waals surface area contributed by atoms with Crippen LogP contribution in [0.1, 0.15) is 27.6 Å². The first-order chi connectivity index (χ1) is 11.2. The summed E-state index contributed by atoms with van der Waals surface area (Å²) in [6.45, 7) is 0.445. The molecule has 0 unspecified atom stereocenters. The Labute approximate surface area is 132 Å². The van der Waals surface area contributed by atoms with E-state index >= 15 is 0 Å². The van der Waals surface area contributed by atoms with Crippen LogP contribution in [0.5, 0.6) is 0 Å². The third-order valence-electron chi connectivity index (χ3n) is 3.57. The van der Waals surface area contributed by atoms with Gasteiger partial charge in [-0.1, -0.05) is 48.5 Å². The van der Waals surface area contributed by atoms with Crippen molar-refractivity contribution < 1.29 is 14.5 Å². The lowest BCUT2D eigenvalue weighted by atomic mass is 10.0. The number of fused-ring (bicyclic) bond motifs is 1. The van der Waals surface area contributed by atoms with Crippen molar-refractivity contribution in [2.24, 2.45) is 0 Å². The summed E-state index contributed by atoms with van der Waals surface area (Å²) in [6.07, 6.45) is 0.310. The summed E-state index contributed by atoms with van der Waals surface area (Å²) >= 11 is 0. The van der Waals surface area contributed by atoms with E-state index in [1.807, 2.05) is 30.3 Å². The molecule has 1 heterocycles. The summed E-state index contributed by atoms with van der Waals surface area (Å²) in [4.78, 5) is 22.6. The maximum Gasteiger partial charge on any atom is 0.339 e. The molecular formula is C17H14N2O4. The first kappa shape index (κ1) is 14.8. The van der Waals surface area contributed by atoms with Gasteiger partial charge in [-0.2, -0.15) is 0 Å². The van der Waals surface area contributed by atoms with Gasteiger partial charge in [0.15, 0.2) is 0 Å². The van der Waals surface area contributed by atoms with Crippen molar-refractivity contribution in [1.82, 2.24) is 5.32 Å². The van der Waals surface area contributed by atoms with E-state index in [2.05, 4.69) is 5.32 Å². The fourth-order valence-electron chi connectivity index (χ4n) is 2.46. The Balaban J connectivity index is 1.81. The number of esters is 1. The highest BCUT2D eigenvalue weighted by Gasteiger charge is 2.39. The number of nitrogens with zero attached hydrogens (tertiary/aromatic N) is 1. The Morgan fingerprint density at radius 3 is 2.61 bits per heavy atom. The molecule has 0 spiro atoms. The number of ether oxygens (including phenoxy) is 1. The van der Waals surface area contributed by atoms with Crippen LogP contribution < -0.4 is 5.32 Å². The molecule has 1 atom stereocenters. The second kappa shape index (κ2) is 6.31. The fourth-order valence-corrected chi connectivity index (χ4v) is 2.46. The van der Waals surface area contributed by atoms with Crippen LogP contribution in [0, 0.1) is 10.1 Å². The smallest absolute Gasteiger partial charge is 0.339 e. The molecule has 0 radical (unpaired) electrons. The number of rotatable bonds is 5. The molecule has 1 N–H and O–H groups in total. The van der Waals surface area contributed by atoms with Gasteiger partial charge in [0.2, 0.25) is 6.10 Å². The summed E-state index contributed by atoms with van der Waals surface area (Å²) in [5.41, 5.74) is 1.68. The number of hydrogen-bond donors (Lipinski definition) is 1. The molecule has 0 amide bonds. The van der Waals surface area contributed by atoms with Crippen LogP contribution in [0.15, 0.2) is 66.5 Å². The second-order valence-corrected chi connectivity index (χ2v) is 5.07. The lowest BCUT2D eigenvalue weighted by molar-refractivity contribution is -0.436. The van der Waals surface area contributed by atoms with E-state index in [1.54, 1.807) is 24.3 Å². The van der Waals surface area contributed by atoms with Gasteiger partial charge in [-0.25, -0.2) is 4.79 Å². The molecular weight excluding hydrogens is 296 g/mol. The Kier molecular flexibility index (Phi) is 4.05. The first-order valence-corrected chi connectivity index (χ1v) is 7.08. The normalized spacial score (nSPS) is 16.6. The van der Waals surface area contributed by atoms with Gasteiger partial charge in [-0.15, -0.1) is 0 Å². The SMILES string of the molecule is O=C1O[C@@H](/C(=C\NCc2ccccc2)[N+](=O)[O-])c2ccccc21. The van der Waals surface area contributed by atoms with E-state index in [-0.39, 0.29) is 5.70 Å². The third-order valence-corrected chi connectivity index (χ3v) is 3.57. The summed E-state index contributed by atoms with van der Waals surface area (Å²) in [5.74, 6) is -0.540. The topological polar surface area (TPSA) is 81.5 Å². The lowest BCUT2D eigenvalue weighted by Gasteiger charge is -2.08. The Hall–Kier alpha value is -3.15. The molecule has 0 bridgehead atoms. The van der Waals surface area contributed by atoms with Crippen LogP contribution in [0.4, 0.5) is 0 Å². The summed E-state index contributed by atoms with van der Waals surface area (Å²) < 4.78 is 5.17. The van der Waals surface area contributed by atoms with Gasteiger partial charge < -0.3 is 10.1 Å². The van der Waals surface area contributed by atoms with Crippen molar-refractivity contribution in [2.75, 3.05) is 0 Å². The largest absolute Gasteiger partial charge is 0.442 e. The minimum absolute atomic E-state index is 0.195.